The first kappa shape index (κ1) is 33.5. The van der Waals surface area contributed by atoms with Gasteiger partial charge in [0.25, 0.3) is 0 Å². The predicted octanol–water partition coefficient (Wildman–Crippen LogP) is 13.9. The molecule has 2 heterocycles. The van der Waals surface area contributed by atoms with Crippen LogP contribution in [0.2, 0.25) is 0 Å². The van der Waals surface area contributed by atoms with Gasteiger partial charge in [0.2, 0.25) is 0 Å². The molecule has 0 unspecified atom stereocenters. The number of aromatic nitrogens is 4. The van der Waals surface area contributed by atoms with Gasteiger partial charge in [0.15, 0.2) is 17.5 Å². The van der Waals surface area contributed by atoms with Gasteiger partial charge in [-0.3, -0.25) is 0 Å². The van der Waals surface area contributed by atoms with Gasteiger partial charge in [0.1, 0.15) is 0 Å². The second-order valence-corrected chi connectivity index (χ2v) is 14.6. The fraction of sp³-hybridized carbons (Fsp3) is 0. The first-order chi connectivity index (χ1) is 28.7. The van der Waals surface area contributed by atoms with E-state index in [1.165, 1.54) is 38.1 Å². The van der Waals surface area contributed by atoms with Gasteiger partial charge in [-0.05, 0) is 49.9 Å². The molecule has 0 aliphatic rings. The van der Waals surface area contributed by atoms with E-state index in [0.717, 1.165) is 55.4 Å². The molecule has 2 aromatic heterocycles. The Morgan fingerprint density at radius 2 is 0.534 bits per heavy atom. The van der Waals surface area contributed by atoms with Crippen LogP contribution < -0.4 is 0 Å². The molecule has 0 bridgehead atoms. The quantitative estimate of drug-likeness (QED) is 0.159. The van der Waals surface area contributed by atoms with Crippen molar-refractivity contribution >= 4 is 43.2 Å². The molecular formula is C54H34N4. The van der Waals surface area contributed by atoms with Gasteiger partial charge < -0.3 is 0 Å². The van der Waals surface area contributed by atoms with Crippen molar-refractivity contribution in [3.63, 3.8) is 0 Å². The molecule has 0 radical (unpaired) electrons. The molecule has 9 aromatic carbocycles. The second-order valence-electron chi connectivity index (χ2n) is 14.6. The number of hydrogen-bond acceptors (Lipinski definition) is 4. The highest BCUT2D eigenvalue weighted by atomic mass is 15.0. The normalized spacial score (nSPS) is 11.4. The average Bonchev–Trinajstić information content (AvgIpc) is 3.32. The fourth-order valence-corrected chi connectivity index (χ4v) is 8.26. The van der Waals surface area contributed by atoms with E-state index < -0.39 is 0 Å². The Balaban J connectivity index is 1.05. The number of pyridine rings is 1. The van der Waals surface area contributed by atoms with E-state index >= 15 is 0 Å². The Morgan fingerprint density at radius 3 is 1.00 bits per heavy atom. The summed E-state index contributed by atoms with van der Waals surface area (Å²) in [6.45, 7) is 0. The maximum Gasteiger partial charge on any atom is 0.164 e. The van der Waals surface area contributed by atoms with Crippen LogP contribution in [0.3, 0.4) is 0 Å². The Morgan fingerprint density at radius 1 is 0.207 bits per heavy atom. The minimum atomic E-state index is 0.610. The molecule has 0 saturated carbocycles. The smallest absolute Gasteiger partial charge is 0.164 e. The van der Waals surface area contributed by atoms with Gasteiger partial charge >= 0.3 is 0 Å². The summed E-state index contributed by atoms with van der Waals surface area (Å²) in [4.78, 5) is 20.6. The van der Waals surface area contributed by atoms with Crippen LogP contribution >= 0.6 is 0 Å². The maximum absolute atomic E-state index is 5.36. The molecule has 58 heavy (non-hydrogen) atoms. The topological polar surface area (TPSA) is 51.6 Å². The van der Waals surface area contributed by atoms with Gasteiger partial charge in [-0.25, -0.2) is 19.9 Å². The lowest BCUT2D eigenvalue weighted by molar-refractivity contribution is 1.07. The molecule has 0 aliphatic carbocycles. The van der Waals surface area contributed by atoms with Crippen LogP contribution in [-0.2, 0) is 0 Å². The van der Waals surface area contributed by atoms with Crippen LogP contribution in [0.4, 0.5) is 0 Å². The molecule has 11 rings (SSSR count). The van der Waals surface area contributed by atoms with Gasteiger partial charge in [0.05, 0.1) is 11.2 Å². The van der Waals surface area contributed by atoms with E-state index in [0.29, 0.717) is 17.5 Å². The molecule has 0 atom stereocenters. The Labute approximate surface area is 335 Å². The molecule has 0 spiro atoms. The van der Waals surface area contributed by atoms with E-state index in [1.54, 1.807) is 0 Å². The standard InChI is InChI=1S/C54H34N4/c1-3-13-35(14-4-1)37-23-29-40(30-24-37)52-56-53(41-31-25-38(26-32-41)36-15-5-2-6-16-36)58-54(57-52)42-33-27-39(28-34-42)51-50-46-20-10-8-18-44(46)43-17-7-9-19-45(43)49(50)47-21-11-12-22-48(47)55-51/h1-34H. The van der Waals surface area contributed by atoms with Gasteiger partial charge in [-0.2, -0.15) is 0 Å². The third kappa shape index (κ3) is 5.87. The SMILES string of the molecule is c1ccc(-c2ccc(-c3nc(-c4ccc(-c5ccccc5)cc4)nc(-c4ccc(-c5nc6ccccc6c6c7ccccc7c7ccccc7c56)cc4)n3)cc2)cc1. The van der Waals surface area contributed by atoms with Gasteiger partial charge in [-0.1, -0.05) is 200 Å². The molecule has 11 aromatic rings. The van der Waals surface area contributed by atoms with Crippen molar-refractivity contribution < 1.29 is 0 Å². The van der Waals surface area contributed by atoms with E-state index in [9.17, 15) is 0 Å². The summed E-state index contributed by atoms with van der Waals surface area (Å²) in [6.07, 6.45) is 0. The van der Waals surface area contributed by atoms with Crippen molar-refractivity contribution in [2.24, 2.45) is 0 Å². The van der Waals surface area contributed by atoms with Gasteiger partial charge in [0, 0.05) is 38.4 Å². The highest BCUT2D eigenvalue weighted by Crippen LogP contribution is 2.43. The minimum absolute atomic E-state index is 0.610. The van der Waals surface area contributed by atoms with Crippen LogP contribution in [0.5, 0.6) is 0 Å². The lowest BCUT2D eigenvalue weighted by Crippen LogP contribution is -2.00. The molecule has 0 fully saturated rings. The largest absolute Gasteiger partial charge is 0.247 e. The van der Waals surface area contributed by atoms with Crippen LogP contribution in [0.1, 0.15) is 0 Å². The number of hydrogen-bond donors (Lipinski definition) is 0. The summed E-state index contributed by atoms with van der Waals surface area (Å²) < 4.78 is 0. The van der Waals surface area contributed by atoms with Gasteiger partial charge in [-0.15, -0.1) is 0 Å². The summed E-state index contributed by atoms with van der Waals surface area (Å²) in [5, 5.41) is 8.42. The first-order valence-electron chi connectivity index (χ1n) is 19.6. The van der Waals surface area contributed by atoms with E-state index in [4.69, 9.17) is 19.9 Å². The monoisotopic (exact) mass is 738 g/mol. The molecule has 4 nitrogen and oxygen atoms in total. The van der Waals surface area contributed by atoms with Crippen molar-refractivity contribution in [3.8, 4) is 67.7 Å². The summed E-state index contributed by atoms with van der Waals surface area (Å²) in [6, 6.07) is 72.1. The summed E-state index contributed by atoms with van der Waals surface area (Å²) in [5.41, 5.74) is 10.3. The highest BCUT2D eigenvalue weighted by Gasteiger charge is 2.18. The van der Waals surface area contributed by atoms with Crippen LogP contribution in [0.25, 0.3) is 111 Å². The van der Waals surface area contributed by atoms with E-state index in [1.807, 2.05) is 12.1 Å². The summed E-state index contributed by atoms with van der Waals surface area (Å²) in [7, 11) is 0. The highest BCUT2D eigenvalue weighted by molar-refractivity contribution is 6.33. The van der Waals surface area contributed by atoms with Crippen molar-refractivity contribution in [1.29, 1.82) is 0 Å². The summed E-state index contributed by atoms with van der Waals surface area (Å²) in [5.74, 6) is 1.85. The zero-order chi connectivity index (χ0) is 38.4. The lowest BCUT2D eigenvalue weighted by atomic mass is 9.90. The number of para-hydroxylation sites is 1. The fourth-order valence-electron chi connectivity index (χ4n) is 8.26. The predicted molar refractivity (Wildman–Crippen MR) is 240 cm³/mol. The van der Waals surface area contributed by atoms with Crippen LogP contribution in [0, 0.1) is 0 Å². The van der Waals surface area contributed by atoms with Crippen LogP contribution in [-0.4, -0.2) is 19.9 Å². The number of rotatable bonds is 6. The van der Waals surface area contributed by atoms with Crippen molar-refractivity contribution in [3.05, 3.63) is 206 Å². The molecule has 0 aliphatic heterocycles. The molecule has 0 N–H and O–H groups in total. The molecular weight excluding hydrogens is 705 g/mol. The average molecular weight is 739 g/mol. The van der Waals surface area contributed by atoms with Crippen molar-refractivity contribution in [2.45, 2.75) is 0 Å². The van der Waals surface area contributed by atoms with Crippen molar-refractivity contribution in [1.82, 2.24) is 19.9 Å². The molecule has 0 amide bonds. The van der Waals surface area contributed by atoms with Crippen molar-refractivity contribution in [2.75, 3.05) is 0 Å². The zero-order valence-corrected chi connectivity index (χ0v) is 31.4. The number of fused-ring (bicyclic) bond motifs is 8. The molecule has 270 valence electrons. The zero-order valence-electron chi connectivity index (χ0n) is 31.4. The third-order valence-electron chi connectivity index (χ3n) is 11.1. The van der Waals surface area contributed by atoms with E-state index in [2.05, 4.69) is 194 Å². The van der Waals surface area contributed by atoms with E-state index in [-0.39, 0.29) is 0 Å². The Bertz CT molecular complexity index is 3190. The first-order valence-corrected chi connectivity index (χ1v) is 19.6. The Hall–Kier alpha value is -7.82. The summed E-state index contributed by atoms with van der Waals surface area (Å²) >= 11 is 0. The second kappa shape index (κ2) is 14.0. The minimum Gasteiger partial charge on any atom is -0.247 e. The number of benzene rings is 9. The molecule has 0 saturated heterocycles. The Kier molecular flexibility index (Phi) is 8.11. The maximum atomic E-state index is 5.36. The third-order valence-corrected chi connectivity index (χ3v) is 11.1. The molecule has 4 heteroatoms. The number of nitrogens with zero attached hydrogens (tertiary/aromatic N) is 4. The van der Waals surface area contributed by atoms with Crippen LogP contribution in [0.15, 0.2) is 206 Å². The lowest BCUT2D eigenvalue weighted by Gasteiger charge is -2.16.